The summed E-state index contributed by atoms with van der Waals surface area (Å²) in [5.74, 6) is -1.55. The van der Waals surface area contributed by atoms with Crippen LogP contribution in [-0.2, 0) is 4.74 Å². The number of aromatic hydroxyl groups is 1. The number of aryl methyl sites for hydroxylation is 1. The molecule has 0 amide bonds. The van der Waals surface area contributed by atoms with Gasteiger partial charge in [-0.25, -0.2) is 14.2 Å². The fourth-order valence-corrected chi connectivity index (χ4v) is 4.67. The van der Waals surface area contributed by atoms with Crippen LogP contribution in [0.2, 0.25) is 0 Å². The maximum absolute atomic E-state index is 14.9. The van der Waals surface area contributed by atoms with E-state index < -0.39 is 11.8 Å². The number of aromatic nitrogens is 3. The van der Waals surface area contributed by atoms with Crippen molar-refractivity contribution < 1.29 is 19.0 Å². The zero-order valence-corrected chi connectivity index (χ0v) is 19.1. The molecule has 34 heavy (non-hydrogen) atoms. The molecule has 3 heterocycles. The molecule has 1 aliphatic heterocycles. The van der Waals surface area contributed by atoms with Crippen molar-refractivity contribution in [1.82, 2.24) is 15.2 Å². The van der Waals surface area contributed by atoms with Crippen LogP contribution >= 0.6 is 0 Å². The molecule has 7 nitrogen and oxygen atoms in total. The number of carbonyl (C=O) groups excluding carboxylic acids is 1. The Morgan fingerprint density at radius 3 is 2.53 bits per heavy atom. The first kappa shape index (κ1) is 21.9. The van der Waals surface area contributed by atoms with Crippen molar-refractivity contribution in [2.45, 2.75) is 26.2 Å². The number of hydrogen-bond donors (Lipinski definition) is 2. The molecule has 8 heteroatoms. The standard InChI is InChI=1S/C26H25FN4O3/c1-15-21-22(16-6-8-17(9-7-16)31-12-4-3-5-13-31)23(26(33)34-2)24(28-25(21)30-29-15)19-11-10-18(32)14-20(19)27/h6-11,14,32H,3-5,12-13H2,1-2H3,(H,28,29,30). The molecule has 0 saturated carbocycles. The molecule has 0 radical (unpaired) electrons. The number of benzene rings is 2. The highest BCUT2D eigenvalue weighted by Gasteiger charge is 2.27. The summed E-state index contributed by atoms with van der Waals surface area (Å²) < 4.78 is 20.0. The number of nitrogens with one attached hydrogen (secondary N) is 1. The molecule has 1 aliphatic rings. The van der Waals surface area contributed by atoms with Gasteiger partial charge in [0.25, 0.3) is 0 Å². The number of ether oxygens (including phenoxy) is 1. The number of anilines is 1. The highest BCUT2D eigenvalue weighted by Crippen LogP contribution is 2.40. The predicted molar refractivity (Wildman–Crippen MR) is 129 cm³/mol. The van der Waals surface area contributed by atoms with Gasteiger partial charge in [0.05, 0.1) is 23.8 Å². The Hall–Kier alpha value is -3.94. The number of piperidine rings is 1. The third-order valence-corrected chi connectivity index (χ3v) is 6.36. The van der Waals surface area contributed by atoms with Gasteiger partial charge in [0, 0.05) is 41.7 Å². The maximum atomic E-state index is 14.9. The largest absolute Gasteiger partial charge is 0.508 e. The van der Waals surface area contributed by atoms with Crippen molar-refractivity contribution in [2.75, 3.05) is 25.1 Å². The Morgan fingerprint density at radius 2 is 1.85 bits per heavy atom. The van der Waals surface area contributed by atoms with Crippen LogP contribution in [0.15, 0.2) is 42.5 Å². The number of esters is 1. The molecule has 174 valence electrons. The van der Waals surface area contributed by atoms with Gasteiger partial charge in [-0.05, 0) is 56.0 Å². The Kier molecular flexibility index (Phi) is 5.65. The maximum Gasteiger partial charge on any atom is 0.340 e. The molecule has 0 unspecified atom stereocenters. The molecule has 0 bridgehead atoms. The summed E-state index contributed by atoms with van der Waals surface area (Å²) >= 11 is 0. The number of halogens is 1. The number of H-pyrrole nitrogens is 1. The third kappa shape index (κ3) is 3.75. The van der Waals surface area contributed by atoms with Crippen LogP contribution in [0.4, 0.5) is 10.1 Å². The van der Waals surface area contributed by atoms with E-state index in [9.17, 15) is 14.3 Å². The zero-order valence-electron chi connectivity index (χ0n) is 19.1. The first-order valence-electron chi connectivity index (χ1n) is 11.3. The molecule has 4 aromatic rings. The second-order valence-corrected chi connectivity index (χ2v) is 8.51. The molecular formula is C26H25FN4O3. The minimum absolute atomic E-state index is 0.0759. The average Bonchev–Trinajstić information content (AvgIpc) is 3.23. The molecule has 1 fully saturated rings. The van der Waals surface area contributed by atoms with Crippen molar-refractivity contribution in [1.29, 1.82) is 0 Å². The zero-order chi connectivity index (χ0) is 23.8. The lowest BCUT2D eigenvalue weighted by Gasteiger charge is -2.29. The SMILES string of the molecule is COC(=O)c1c(-c2ccc(O)cc2F)nc2n[nH]c(C)c2c1-c1ccc(N2CCCCC2)cc1. The lowest BCUT2D eigenvalue weighted by Crippen LogP contribution is -2.29. The second kappa shape index (κ2) is 8.78. The van der Waals surface area contributed by atoms with Gasteiger partial charge in [0.15, 0.2) is 5.65 Å². The number of phenols is 1. The van der Waals surface area contributed by atoms with E-state index in [0.717, 1.165) is 36.1 Å². The molecule has 1 saturated heterocycles. The second-order valence-electron chi connectivity index (χ2n) is 8.51. The molecule has 0 aliphatic carbocycles. The number of pyridine rings is 1. The number of phenolic OH excluding ortho intramolecular Hbond substituents is 1. The normalized spacial score (nSPS) is 13.9. The minimum atomic E-state index is -0.698. The molecular weight excluding hydrogens is 435 g/mol. The Balaban J connectivity index is 1.76. The van der Waals surface area contributed by atoms with Gasteiger partial charge >= 0.3 is 5.97 Å². The van der Waals surface area contributed by atoms with E-state index >= 15 is 0 Å². The van der Waals surface area contributed by atoms with Gasteiger partial charge in [0.1, 0.15) is 11.6 Å². The Bertz CT molecular complexity index is 1380. The van der Waals surface area contributed by atoms with Crippen LogP contribution in [0.25, 0.3) is 33.4 Å². The van der Waals surface area contributed by atoms with Gasteiger partial charge in [-0.3, -0.25) is 5.10 Å². The lowest BCUT2D eigenvalue weighted by atomic mass is 9.92. The molecule has 2 N–H and O–H groups in total. The van der Waals surface area contributed by atoms with Crippen LogP contribution in [0.5, 0.6) is 5.75 Å². The summed E-state index contributed by atoms with van der Waals surface area (Å²) in [6.07, 6.45) is 3.60. The number of nitrogens with zero attached hydrogens (tertiary/aromatic N) is 3. The topological polar surface area (TPSA) is 91.3 Å². The van der Waals surface area contributed by atoms with E-state index in [1.165, 1.54) is 38.5 Å². The van der Waals surface area contributed by atoms with Crippen molar-refractivity contribution in [3.63, 3.8) is 0 Å². The molecule has 5 rings (SSSR count). The quantitative estimate of drug-likeness (QED) is 0.406. The van der Waals surface area contributed by atoms with E-state index in [1.54, 1.807) is 0 Å². The van der Waals surface area contributed by atoms with Gasteiger partial charge in [-0.1, -0.05) is 12.1 Å². The number of carbonyl (C=O) groups is 1. The van der Waals surface area contributed by atoms with Crippen LogP contribution in [-0.4, -0.2) is 46.5 Å². The number of hydrogen-bond acceptors (Lipinski definition) is 6. The fraction of sp³-hybridized carbons (Fsp3) is 0.269. The summed E-state index contributed by atoms with van der Waals surface area (Å²) in [6, 6.07) is 11.8. The summed E-state index contributed by atoms with van der Waals surface area (Å²) in [7, 11) is 1.29. The predicted octanol–water partition coefficient (Wildman–Crippen LogP) is 5.22. The smallest absolute Gasteiger partial charge is 0.340 e. The van der Waals surface area contributed by atoms with Gasteiger partial charge in [-0.15, -0.1) is 0 Å². The number of rotatable bonds is 4. The minimum Gasteiger partial charge on any atom is -0.508 e. The van der Waals surface area contributed by atoms with E-state index in [-0.39, 0.29) is 22.6 Å². The molecule has 0 spiro atoms. The Labute approximate surface area is 196 Å². The van der Waals surface area contributed by atoms with Crippen molar-refractivity contribution >= 4 is 22.7 Å². The van der Waals surface area contributed by atoms with E-state index in [4.69, 9.17) is 4.74 Å². The Morgan fingerprint density at radius 1 is 1.12 bits per heavy atom. The fourth-order valence-electron chi connectivity index (χ4n) is 4.67. The third-order valence-electron chi connectivity index (χ3n) is 6.36. The van der Waals surface area contributed by atoms with E-state index in [1.807, 2.05) is 31.2 Å². The molecule has 0 atom stereocenters. The summed E-state index contributed by atoms with van der Waals surface area (Å²) in [5, 5.41) is 17.6. The van der Waals surface area contributed by atoms with E-state index in [0.29, 0.717) is 16.6 Å². The number of methoxy groups -OCH3 is 1. The highest BCUT2D eigenvalue weighted by atomic mass is 19.1. The molecule has 2 aromatic heterocycles. The van der Waals surface area contributed by atoms with Crippen LogP contribution in [0.1, 0.15) is 35.3 Å². The van der Waals surface area contributed by atoms with Crippen molar-refractivity contribution in [2.24, 2.45) is 0 Å². The monoisotopic (exact) mass is 460 g/mol. The van der Waals surface area contributed by atoms with Gasteiger partial charge < -0.3 is 14.7 Å². The first-order valence-corrected chi connectivity index (χ1v) is 11.3. The number of aromatic amines is 1. The average molecular weight is 461 g/mol. The summed E-state index contributed by atoms with van der Waals surface area (Å²) in [4.78, 5) is 20.0. The summed E-state index contributed by atoms with van der Waals surface area (Å²) in [6.45, 7) is 3.90. The van der Waals surface area contributed by atoms with Crippen molar-refractivity contribution in [3.8, 4) is 28.1 Å². The van der Waals surface area contributed by atoms with E-state index in [2.05, 4.69) is 20.1 Å². The van der Waals surface area contributed by atoms with Gasteiger partial charge in [0.2, 0.25) is 0 Å². The molecule has 2 aromatic carbocycles. The van der Waals surface area contributed by atoms with Gasteiger partial charge in [-0.2, -0.15) is 5.10 Å². The van der Waals surface area contributed by atoms with Crippen molar-refractivity contribution in [3.05, 3.63) is 59.5 Å². The van der Waals surface area contributed by atoms with Crippen LogP contribution in [0.3, 0.4) is 0 Å². The van der Waals surface area contributed by atoms with Crippen LogP contribution in [0, 0.1) is 12.7 Å². The highest BCUT2D eigenvalue weighted by molar-refractivity contribution is 6.11. The number of fused-ring (bicyclic) bond motifs is 1. The summed E-state index contributed by atoms with van der Waals surface area (Å²) in [5.41, 5.74) is 3.92. The lowest BCUT2D eigenvalue weighted by molar-refractivity contribution is 0.0602. The van der Waals surface area contributed by atoms with Crippen LogP contribution < -0.4 is 4.90 Å². The first-order chi connectivity index (χ1) is 16.5.